The molecule has 0 radical (unpaired) electrons. The van der Waals surface area contributed by atoms with Gasteiger partial charge in [-0.3, -0.25) is 28.8 Å². The number of halogens is 1. The van der Waals surface area contributed by atoms with E-state index < -0.39 is 74.2 Å². The van der Waals surface area contributed by atoms with Gasteiger partial charge in [0.1, 0.15) is 11.9 Å². The van der Waals surface area contributed by atoms with Gasteiger partial charge in [0.2, 0.25) is 21.8 Å². The van der Waals surface area contributed by atoms with E-state index in [1.54, 1.807) is 26.0 Å². The van der Waals surface area contributed by atoms with Gasteiger partial charge < -0.3 is 9.64 Å². The van der Waals surface area contributed by atoms with Gasteiger partial charge in [-0.25, -0.2) is 17.6 Å². The summed E-state index contributed by atoms with van der Waals surface area (Å²) in [5, 5.41) is -0.630. The van der Waals surface area contributed by atoms with E-state index in [2.05, 4.69) is 17.9 Å². The molecule has 248 valence electrons. The molecule has 1 aromatic rings. The maximum Gasteiger partial charge on any atom is 0.410 e. The lowest BCUT2D eigenvalue weighted by Gasteiger charge is -2.30. The average Bonchev–Trinajstić information content (AvgIpc) is 3.90. The van der Waals surface area contributed by atoms with Crippen LogP contribution in [0, 0.1) is 29.0 Å². The predicted octanol–water partition coefficient (Wildman–Crippen LogP) is 3.42. The average molecular weight is 658 g/mol. The van der Waals surface area contributed by atoms with Crippen LogP contribution in [0.3, 0.4) is 0 Å². The summed E-state index contributed by atoms with van der Waals surface area (Å²) in [5.74, 6) is -3.97. The monoisotopic (exact) mass is 657 g/mol. The Hall–Kier alpha value is -3.87. The highest BCUT2D eigenvalue weighted by molar-refractivity contribution is 7.90. The fraction of sp³-hybridized carbons (Fsp3) is 0.545. The van der Waals surface area contributed by atoms with Gasteiger partial charge in [0.05, 0.1) is 29.8 Å². The minimum Gasteiger partial charge on any atom is -0.444 e. The molecule has 1 aromatic carbocycles. The summed E-state index contributed by atoms with van der Waals surface area (Å²) in [6, 6.07) is 3.52. The number of sulfonamides is 1. The number of carbonyl (C=O) groups is 5. The molecule has 0 spiro atoms. The molecule has 3 amide bonds. The van der Waals surface area contributed by atoms with Gasteiger partial charge in [-0.1, -0.05) is 38.6 Å². The molecule has 46 heavy (non-hydrogen) atoms. The second-order valence-electron chi connectivity index (χ2n) is 13.2. The van der Waals surface area contributed by atoms with E-state index in [0.29, 0.717) is 24.0 Å². The molecule has 2 aliphatic heterocycles. The Morgan fingerprint density at radius 1 is 1.15 bits per heavy atom. The van der Waals surface area contributed by atoms with Crippen molar-refractivity contribution < 1.29 is 41.5 Å². The number of hydrogen-bond acceptors (Lipinski definition) is 8. The highest BCUT2D eigenvalue weighted by atomic mass is 32.2. The molecule has 3 fully saturated rings. The van der Waals surface area contributed by atoms with Crippen molar-refractivity contribution >= 4 is 39.5 Å². The smallest absolute Gasteiger partial charge is 0.410 e. The Kier molecular flexibility index (Phi) is 9.27. The highest BCUT2D eigenvalue weighted by Gasteiger charge is 2.61. The van der Waals surface area contributed by atoms with Gasteiger partial charge in [0.15, 0.2) is 11.6 Å². The molecule has 13 heteroatoms. The number of nitrogens with one attached hydrogen (secondary N) is 1. The SMILES string of the molecule is C=CC(=O)C[C@@H](C(=O)N1C[C@H](OC(=O)N2Cc3cccc(F)c3C2)C[C@H]1C(=O)C[C@]1(C(=O)NS(=O)(=O)C2CC2)C[C@H]1C=C)C(C)C. The van der Waals surface area contributed by atoms with Gasteiger partial charge in [0, 0.05) is 37.3 Å². The van der Waals surface area contributed by atoms with Crippen LogP contribution >= 0.6 is 0 Å². The summed E-state index contributed by atoms with van der Waals surface area (Å²) in [5.41, 5.74) is -0.268. The summed E-state index contributed by atoms with van der Waals surface area (Å²) >= 11 is 0. The lowest BCUT2D eigenvalue weighted by atomic mass is 9.88. The first-order chi connectivity index (χ1) is 21.7. The molecule has 1 saturated heterocycles. The zero-order valence-corrected chi connectivity index (χ0v) is 26.9. The van der Waals surface area contributed by atoms with Gasteiger partial charge in [-0.05, 0) is 48.8 Å². The van der Waals surface area contributed by atoms with Gasteiger partial charge in [-0.2, -0.15) is 0 Å². The maximum atomic E-state index is 14.3. The number of nitrogens with zero attached hydrogens (tertiary/aromatic N) is 2. The summed E-state index contributed by atoms with van der Waals surface area (Å²) < 4.78 is 47.3. The molecule has 0 unspecified atom stereocenters. The standard InChI is InChI=1S/C33H40FN3O8S/c1-5-21-14-33(21,31(41)35-46(43,44)24-10-11-24)15-29(39)28-13-23(17-37(28)30(40)25(19(3)4)12-22(38)6-2)45-32(42)36-16-20-8-7-9-27(34)26(20)18-36/h5-9,19,21,23-25,28H,1-2,10-18H2,3-4H3,(H,35,41)/t21-,23-,25-,28+,33-/m1/s1. The Bertz CT molecular complexity index is 1590. The van der Waals surface area contributed by atoms with Crippen molar-refractivity contribution in [3.8, 4) is 0 Å². The lowest BCUT2D eigenvalue weighted by Crippen LogP contribution is -2.47. The topological polar surface area (TPSA) is 147 Å². The van der Waals surface area contributed by atoms with Crippen molar-refractivity contribution in [3.63, 3.8) is 0 Å². The van der Waals surface area contributed by atoms with Gasteiger partial charge >= 0.3 is 6.09 Å². The zero-order valence-electron chi connectivity index (χ0n) is 26.1. The largest absolute Gasteiger partial charge is 0.444 e. The van der Waals surface area contributed by atoms with E-state index in [9.17, 15) is 36.8 Å². The van der Waals surface area contributed by atoms with Crippen LogP contribution in [0.25, 0.3) is 0 Å². The summed E-state index contributed by atoms with van der Waals surface area (Å²) in [6.07, 6.45) is 1.67. The maximum absolute atomic E-state index is 14.3. The second kappa shape index (κ2) is 12.7. The summed E-state index contributed by atoms with van der Waals surface area (Å²) in [6.45, 7) is 10.8. The van der Waals surface area contributed by atoms with Crippen molar-refractivity contribution in [2.45, 2.75) is 82.9 Å². The molecule has 2 heterocycles. The van der Waals surface area contributed by atoms with Crippen LogP contribution in [-0.2, 0) is 47.0 Å². The third-order valence-corrected chi connectivity index (χ3v) is 11.5. The molecule has 0 aromatic heterocycles. The number of amides is 3. The number of fused-ring (bicyclic) bond motifs is 1. The number of rotatable bonds is 13. The minimum absolute atomic E-state index is 0.0159. The van der Waals surface area contributed by atoms with Crippen molar-refractivity contribution in [3.05, 3.63) is 60.5 Å². The van der Waals surface area contributed by atoms with E-state index in [4.69, 9.17) is 4.74 Å². The number of ether oxygens (including phenoxy) is 1. The molecule has 11 nitrogen and oxygen atoms in total. The first-order valence-corrected chi connectivity index (χ1v) is 17.1. The first-order valence-electron chi connectivity index (χ1n) is 15.6. The quantitative estimate of drug-likeness (QED) is 0.251. The number of hydrogen-bond donors (Lipinski definition) is 1. The summed E-state index contributed by atoms with van der Waals surface area (Å²) in [4.78, 5) is 69.4. The first kappa shape index (κ1) is 33.5. The number of Topliss-reactive ketones (excluding diaryl/α,β-unsaturated/α-hetero) is 1. The number of allylic oxidation sites excluding steroid dienone is 2. The van der Waals surface area contributed by atoms with Crippen LogP contribution in [0.2, 0.25) is 0 Å². The molecule has 2 aliphatic carbocycles. The highest BCUT2D eigenvalue weighted by Crippen LogP contribution is 2.57. The predicted molar refractivity (Wildman–Crippen MR) is 165 cm³/mol. The minimum atomic E-state index is -3.86. The molecule has 0 bridgehead atoms. The van der Waals surface area contributed by atoms with Crippen molar-refractivity contribution in [2.75, 3.05) is 6.54 Å². The van der Waals surface area contributed by atoms with E-state index in [1.165, 1.54) is 21.9 Å². The third kappa shape index (κ3) is 6.65. The normalized spacial score (nSPS) is 25.9. The fourth-order valence-corrected chi connectivity index (χ4v) is 7.97. The van der Waals surface area contributed by atoms with E-state index in [-0.39, 0.29) is 57.0 Å². The Morgan fingerprint density at radius 2 is 1.87 bits per heavy atom. The molecule has 2 saturated carbocycles. The van der Waals surface area contributed by atoms with E-state index >= 15 is 0 Å². The molecular formula is C33H40FN3O8S. The number of ketones is 2. The number of carbonyl (C=O) groups excluding carboxylic acids is 5. The van der Waals surface area contributed by atoms with Crippen molar-refractivity contribution in [1.29, 1.82) is 0 Å². The van der Waals surface area contributed by atoms with Gasteiger partial charge in [0.25, 0.3) is 0 Å². The van der Waals surface area contributed by atoms with Crippen molar-refractivity contribution in [2.24, 2.45) is 23.2 Å². The van der Waals surface area contributed by atoms with Gasteiger partial charge in [-0.15, -0.1) is 6.58 Å². The van der Waals surface area contributed by atoms with Crippen LogP contribution < -0.4 is 4.72 Å². The number of benzene rings is 1. The van der Waals surface area contributed by atoms with Crippen LogP contribution in [0.5, 0.6) is 0 Å². The second-order valence-corrected chi connectivity index (χ2v) is 15.2. The Labute approximate surface area is 268 Å². The lowest BCUT2D eigenvalue weighted by molar-refractivity contribution is -0.144. The van der Waals surface area contributed by atoms with E-state index in [0.717, 1.165) is 6.08 Å². The Morgan fingerprint density at radius 3 is 2.46 bits per heavy atom. The number of likely N-dealkylation sites (tertiary alicyclic amines) is 1. The molecule has 5 atom stereocenters. The molecule has 1 N–H and O–H groups in total. The zero-order chi connectivity index (χ0) is 33.6. The van der Waals surface area contributed by atoms with Crippen LogP contribution in [0.1, 0.15) is 63.5 Å². The molecule has 5 rings (SSSR count). The van der Waals surface area contributed by atoms with Crippen LogP contribution in [0.15, 0.2) is 43.5 Å². The van der Waals surface area contributed by atoms with Crippen LogP contribution in [-0.4, -0.2) is 71.6 Å². The fourth-order valence-electron chi connectivity index (χ4n) is 6.59. The van der Waals surface area contributed by atoms with Crippen molar-refractivity contribution in [1.82, 2.24) is 14.5 Å². The summed E-state index contributed by atoms with van der Waals surface area (Å²) in [7, 11) is -3.86. The molecular weight excluding hydrogens is 617 g/mol. The van der Waals surface area contributed by atoms with E-state index in [1.807, 2.05) is 0 Å². The molecule has 4 aliphatic rings. The third-order valence-electron chi connectivity index (χ3n) is 9.70. The van der Waals surface area contributed by atoms with Crippen LogP contribution in [0.4, 0.5) is 9.18 Å². The Balaban J connectivity index is 1.35.